The van der Waals surface area contributed by atoms with Gasteiger partial charge in [0, 0.05) is 23.6 Å². The van der Waals surface area contributed by atoms with E-state index in [0.717, 1.165) is 5.56 Å². The van der Waals surface area contributed by atoms with Crippen molar-refractivity contribution >= 4 is 45.0 Å². The summed E-state index contributed by atoms with van der Waals surface area (Å²) in [5.41, 5.74) is 0.826. The highest BCUT2D eigenvalue weighted by Gasteiger charge is 2.16. The Morgan fingerprint density at radius 3 is 2.63 bits per heavy atom. The molecule has 2 rings (SSSR count). The topological polar surface area (TPSA) is 33.5 Å². The van der Waals surface area contributed by atoms with Crippen LogP contribution in [-0.2, 0) is 6.54 Å². The van der Waals surface area contributed by atoms with Gasteiger partial charge in [-0.3, -0.25) is 4.79 Å². The van der Waals surface area contributed by atoms with Crippen LogP contribution in [0.1, 0.15) is 16.1 Å². The van der Waals surface area contributed by atoms with Crippen LogP contribution in [0.25, 0.3) is 0 Å². The summed E-state index contributed by atoms with van der Waals surface area (Å²) < 4.78 is 5.75. The molecule has 19 heavy (non-hydrogen) atoms. The summed E-state index contributed by atoms with van der Waals surface area (Å²) >= 11 is 15.1. The number of hydrogen-bond acceptors (Lipinski definition) is 2. The Morgan fingerprint density at radius 2 is 2.05 bits per heavy atom. The lowest BCUT2D eigenvalue weighted by molar-refractivity contribution is 0.0752. The maximum Gasteiger partial charge on any atom is 0.289 e. The number of rotatable bonds is 3. The van der Waals surface area contributed by atoms with E-state index in [4.69, 9.17) is 27.6 Å². The van der Waals surface area contributed by atoms with Gasteiger partial charge in [-0.05, 0) is 45.8 Å². The van der Waals surface area contributed by atoms with E-state index in [1.807, 2.05) is 0 Å². The van der Waals surface area contributed by atoms with Crippen LogP contribution in [0.2, 0.25) is 10.0 Å². The number of halogens is 3. The van der Waals surface area contributed by atoms with Gasteiger partial charge in [-0.2, -0.15) is 0 Å². The van der Waals surface area contributed by atoms with Gasteiger partial charge in [0.2, 0.25) is 0 Å². The van der Waals surface area contributed by atoms with E-state index in [2.05, 4.69) is 15.9 Å². The SMILES string of the molecule is CN(Cc1ccc(Cl)cc1Cl)C(=O)c1ccc(Br)o1. The molecule has 0 saturated carbocycles. The normalized spacial score (nSPS) is 10.5. The van der Waals surface area contributed by atoms with Crippen molar-refractivity contribution in [2.45, 2.75) is 6.54 Å². The van der Waals surface area contributed by atoms with Crippen LogP contribution in [0, 0.1) is 0 Å². The van der Waals surface area contributed by atoms with E-state index in [1.165, 1.54) is 4.90 Å². The molecular formula is C13H10BrCl2NO2. The monoisotopic (exact) mass is 361 g/mol. The second-order valence-electron chi connectivity index (χ2n) is 4.00. The summed E-state index contributed by atoms with van der Waals surface area (Å²) in [6.45, 7) is 0.382. The second kappa shape index (κ2) is 5.99. The van der Waals surface area contributed by atoms with Crippen molar-refractivity contribution in [2.24, 2.45) is 0 Å². The number of carbonyl (C=O) groups excluding carboxylic acids is 1. The molecule has 1 amide bonds. The molecule has 0 bridgehead atoms. The summed E-state index contributed by atoms with van der Waals surface area (Å²) in [6, 6.07) is 8.49. The van der Waals surface area contributed by atoms with Gasteiger partial charge in [0.05, 0.1) is 0 Å². The molecule has 0 saturated heterocycles. The Kier molecular flexibility index (Phi) is 4.55. The first-order valence-corrected chi connectivity index (χ1v) is 6.97. The minimum Gasteiger partial charge on any atom is -0.444 e. The van der Waals surface area contributed by atoms with Gasteiger partial charge in [0.1, 0.15) is 0 Å². The van der Waals surface area contributed by atoms with E-state index in [9.17, 15) is 4.79 Å². The molecule has 3 nitrogen and oxygen atoms in total. The maximum absolute atomic E-state index is 12.1. The fourth-order valence-corrected chi connectivity index (χ4v) is 2.37. The van der Waals surface area contributed by atoms with E-state index < -0.39 is 0 Å². The summed E-state index contributed by atoms with van der Waals surface area (Å²) in [6.07, 6.45) is 0. The Bertz CT molecular complexity index is 612. The van der Waals surface area contributed by atoms with Crippen LogP contribution in [0.3, 0.4) is 0 Å². The smallest absolute Gasteiger partial charge is 0.289 e. The van der Waals surface area contributed by atoms with E-state index in [-0.39, 0.29) is 11.7 Å². The van der Waals surface area contributed by atoms with E-state index >= 15 is 0 Å². The molecule has 0 fully saturated rings. The Hall–Kier alpha value is -0.970. The highest BCUT2D eigenvalue weighted by Crippen LogP contribution is 2.23. The molecule has 100 valence electrons. The minimum absolute atomic E-state index is 0.211. The summed E-state index contributed by atoms with van der Waals surface area (Å²) in [7, 11) is 1.68. The first-order chi connectivity index (χ1) is 8.97. The lowest BCUT2D eigenvalue weighted by Gasteiger charge is -2.16. The van der Waals surface area contributed by atoms with Gasteiger partial charge in [0.15, 0.2) is 10.4 Å². The lowest BCUT2D eigenvalue weighted by Crippen LogP contribution is -2.25. The van der Waals surface area contributed by atoms with Crippen LogP contribution in [0.5, 0.6) is 0 Å². The Balaban J connectivity index is 2.12. The molecule has 0 radical (unpaired) electrons. The molecule has 1 aromatic heterocycles. The summed E-state index contributed by atoms with van der Waals surface area (Å²) in [4.78, 5) is 13.6. The van der Waals surface area contributed by atoms with Crippen LogP contribution in [0.15, 0.2) is 39.4 Å². The summed E-state index contributed by atoms with van der Waals surface area (Å²) in [5, 5.41) is 1.10. The van der Waals surface area contributed by atoms with Gasteiger partial charge < -0.3 is 9.32 Å². The standard InChI is InChI=1S/C13H10BrCl2NO2/c1-17(13(18)11-4-5-12(14)19-11)7-8-2-3-9(15)6-10(8)16/h2-6H,7H2,1H3. The van der Waals surface area contributed by atoms with Crippen molar-refractivity contribution in [1.82, 2.24) is 4.90 Å². The van der Waals surface area contributed by atoms with Crippen molar-refractivity contribution < 1.29 is 9.21 Å². The molecule has 6 heteroatoms. The zero-order chi connectivity index (χ0) is 14.0. The molecule has 0 aliphatic carbocycles. The molecule has 1 heterocycles. The molecule has 0 unspecified atom stereocenters. The van der Waals surface area contributed by atoms with Gasteiger partial charge in [-0.1, -0.05) is 29.3 Å². The fraction of sp³-hybridized carbons (Fsp3) is 0.154. The van der Waals surface area contributed by atoms with Crippen LogP contribution in [-0.4, -0.2) is 17.9 Å². The van der Waals surface area contributed by atoms with Crippen molar-refractivity contribution in [3.05, 3.63) is 56.4 Å². The largest absolute Gasteiger partial charge is 0.444 e. The average Bonchev–Trinajstić information content (AvgIpc) is 2.78. The lowest BCUT2D eigenvalue weighted by atomic mass is 10.2. The number of furan rings is 1. The van der Waals surface area contributed by atoms with Gasteiger partial charge >= 0.3 is 0 Å². The third kappa shape index (κ3) is 3.53. The first-order valence-electron chi connectivity index (χ1n) is 5.42. The van der Waals surface area contributed by atoms with Crippen molar-refractivity contribution in [1.29, 1.82) is 0 Å². The van der Waals surface area contributed by atoms with Crippen LogP contribution < -0.4 is 0 Å². The maximum atomic E-state index is 12.1. The summed E-state index contributed by atoms with van der Waals surface area (Å²) in [5.74, 6) is 0.0659. The van der Waals surface area contributed by atoms with Crippen molar-refractivity contribution in [3.8, 4) is 0 Å². The Labute approximate surface area is 129 Å². The third-order valence-electron chi connectivity index (χ3n) is 2.55. The van der Waals surface area contributed by atoms with Gasteiger partial charge in [-0.25, -0.2) is 0 Å². The van der Waals surface area contributed by atoms with Crippen LogP contribution in [0.4, 0.5) is 0 Å². The predicted octanol–water partition coefficient (Wildman–Crippen LogP) is 4.62. The average molecular weight is 363 g/mol. The molecule has 0 aliphatic heterocycles. The number of nitrogens with zero attached hydrogens (tertiary/aromatic N) is 1. The molecule has 0 spiro atoms. The number of hydrogen-bond donors (Lipinski definition) is 0. The van der Waals surface area contributed by atoms with Gasteiger partial charge in [-0.15, -0.1) is 0 Å². The first kappa shape index (κ1) is 14.4. The van der Waals surface area contributed by atoms with E-state index in [1.54, 1.807) is 37.4 Å². The molecule has 2 aromatic rings. The quantitative estimate of drug-likeness (QED) is 0.798. The van der Waals surface area contributed by atoms with Crippen LogP contribution >= 0.6 is 39.1 Å². The third-order valence-corrected chi connectivity index (χ3v) is 3.57. The minimum atomic E-state index is -0.211. The molecule has 0 aliphatic rings. The van der Waals surface area contributed by atoms with Gasteiger partial charge in [0.25, 0.3) is 5.91 Å². The number of amides is 1. The second-order valence-corrected chi connectivity index (χ2v) is 5.63. The predicted molar refractivity (Wildman–Crippen MR) is 78.7 cm³/mol. The number of carbonyl (C=O) groups is 1. The van der Waals surface area contributed by atoms with Crippen molar-refractivity contribution in [3.63, 3.8) is 0 Å². The molecule has 1 aromatic carbocycles. The number of benzene rings is 1. The Morgan fingerprint density at radius 1 is 1.32 bits per heavy atom. The molecule has 0 N–H and O–H groups in total. The van der Waals surface area contributed by atoms with Crippen molar-refractivity contribution in [2.75, 3.05) is 7.05 Å². The molecule has 0 atom stereocenters. The fourth-order valence-electron chi connectivity index (χ4n) is 1.59. The zero-order valence-electron chi connectivity index (χ0n) is 9.99. The van der Waals surface area contributed by atoms with E-state index in [0.29, 0.717) is 21.3 Å². The zero-order valence-corrected chi connectivity index (χ0v) is 13.1. The highest BCUT2D eigenvalue weighted by atomic mass is 79.9. The highest BCUT2D eigenvalue weighted by molar-refractivity contribution is 9.10. The molecular weight excluding hydrogens is 353 g/mol.